The number of rotatable bonds is 7. The first-order chi connectivity index (χ1) is 35.8. The molecule has 0 aromatic carbocycles. The van der Waals surface area contributed by atoms with Crippen molar-refractivity contribution in [1.29, 1.82) is 0 Å². The molecule has 33 atom stereocenters. The molecule has 0 aromatic rings. The van der Waals surface area contributed by atoms with Gasteiger partial charge >= 0.3 is 0 Å². The first-order valence-electron chi connectivity index (χ1n) is 24.4. The van der Waals surface area contributed by atoms with Crippen LogP contribution in [0, 0.1) is 0 Å². The van der Waals surface area contributed by atoms with Crippen molar-refractivity contribution in [3.8, 4) is 0 Å². The Bertz CT molecular complexity index is 1760. The van der Waals surface area contributed by atoms with Crippen LogP contribution >= 0.6 is 0 Å². The lowest BCUT2D eigenvalue weighted by atomic mass is 9.95. The molecule has 33 heteroatoms. The van der Waals surface area contributed by atoms with Gasteiger partial charge in [0.2, 0.25) is 0 Å². The Morgan fingerprint density at radius 3 is 0.640 bits per heavy atom. The molecular weight excluding hydrogens is 1030 g/mol. The fourth-order valence-electron chi connectivity index (χ4n) is 10.4. The van der Waals surface area contributed by atoms with Gasteiger partial charge in [-0.15, -0.1) is 0 Å². The summed E-state index contributed by atoms with van der Waals surface area (Å²) in [7, 11) is 0. The molecule has 21 fully saturated rings. The van der Waals surface area contributed by atoms with Gasteiger partial charge in [0, 0.05) is 12.8 Å². The monoisotopic (exact) mass is 1100 g/mol. The minimum absolute atomic E-state index is 0.463. The fraction of sp³-hybridized carbons (Fsp3) is 1.00. The average molecular weight is 1100 g/mol. The Morgan fingerprint density at radius 1 is 0.213 bits per heavy atom. The summed E-state index contributed by atoms with van der Waals surface area (Å²) < 4.78 is 80.6. The highest BCUT2D eigenvalue weighted by Gasteiger charge is 2.58. The molecule has 436 valence electrons. The van der Waals surface area contributed by atoms with Crippen molar-refractivity contribution in [2.75, 3.05) is 46.2 Å². The molecular formula is C42H70O33. The minimum Gasteiger partial charge on any atom is -0.394 e. The van der Waals surface area contributed by atoms with Crippen molar-refractivity contribution in [3.05, 3.63) is 0 Å². The third kappa shape index (κ3) is 12.2. The number of aliphatic hydroxyl groups is 19. The largest absolute Gasteiger partial charge is 0.394 e. The average Bonchev–Trinajstić information content (AvgIpc) is 3.40. The Morgan fingerprint density at radius 2 is 0.400 bits per heavy atom. The van der Waals surface area contributed by atoms with Gasteiger partial charge in [0.25, 0.3) is 0 Å². The zero-order chi connectivity index (χ0) is 54.3. The highest BCUT2D eigenvalue weighted by molar-refractivity contribution is 5.00. The predicted octanol–water partition coefficient (Wildman–Crippen LogP) is -13.2. The Labute approximate surface area is 424 Å². The van der Waals surface area contributed by atoms with Crippen LogP contribution in [0.1, 0.15) is 12.8 Å². The van der Waals surface area contributed by atoms with Gasteiger partial charge < -0.3 is 163 Å². The van der Waals surface area contributed by atoms with Crippen LogP contribution in [0.15, 0.2) is 0 Å². The van der Waals surface area contributed by atoms with E-state index in [0.29, 0.717) is 0 Å². The summed E-state index contributed by atoms with van der Waals surface area (Å²) in [6, 6.07) is 0. The summed E-state index contributed by atoms with van der Waals surface area (Å²) in [6.45, 7) is -6.65. The molecule has 19 N–H and O–H groups in total. The van der Waals surface area contributed by atoms with E-state index in [1.165, 1.54) is 0 Å². The quantitative estimate of drug-likeness (QED) is 0.113. The maximum atomic E-state index is 11.3. The van der Waals surface area contributed by atoms with E-state index in [0.717, 1.165) is 0 Å². The van der Waals surface area contributed by atoms with Gasteiger partial charge in [-0.2, -0.15) is 0 Å². The first-order valence-corrected chi connectivity index (χ1v) is 24.4. The maximum absolute atomic E-state index is 11.3. The number of aliphatic hydroxyl groups excluding tert-OH is 19. The molecule has 0 radical (unpaired) electrons. The Balaban J connectivity index is 1.06. The van der Waals surface area contributed by atoms with Gasteiger partial charge in [-0.25, -0.2) is 0 Å². The Hall–Kier alpha value is -1.32. The second kappa shape index (κ2) is 25.6. The molecule has 21 aliphatic heterocycles. The van der Waals surface area contributed by atoms with E-state index in [9.17, 15) is 97.0 Å². The predicted molar refractivity (Wildman–Crippen MR) is 226 cm³/mol. The van der Waals surface area contributed by atoms with Crippen molar-refractivity contribution < 1.29 is 163 Å². The van der Waals surface area contributed by atoms with E-state index in [1.807, 2.05) is 0 Å². The summed E-state index contributed by atoms with van der Waals surface area (Å²) in [5.74, 6) is 0. The lowest BCUT2D eigenvalue weighted by molar-refractivity contribution is -0.395. The molecule has 75 heavy (non-hydrogen) atoms. The third-order valence-electron chi connectivity index (χ3n) is 14.5. The normalized spacial score (nSPS) is 54.5. The van der Waals surface area contributed by atoms with Crippen LogP contribution in [-0.2, 0) is 66.3 Å². The van der Waals surface area contributed by atoms with E-state index < -0.39 is 262 Å². The summed E-state index contributed by atoms with van der Waals surface area (Å²) in [6.07, 6.45) is -61.2. The van der Waals surface area contributed by atoms with Gasteiger partial charge in [0.1, 0.15) is 146 Å². The zero-order valence-corrected chi connectivity index (χ0v) is 39.6. The zero-order valence-electron chi connectivity index (χ0n) is 39.6. The van der Waals surface area contributed by atoms with Crippen molar-refractivity contribution in [2.24, 2.45) is 0 Å². The Kier molecular flexibility index (Phi) is 20.4. The molecule has 21 rings (SSSR count). The lowest BCUT2D eigenvalue weighted by Gasteiger charge is -2.49. The van der Waals surface area contributed by atoms with Crippen molar-refractivity contribution >= 4 is 0 Å². The SMILES string of the molecule is OC[C@H]1OC2O[C@H]3[C@H](O)[C@@H](O)C(O[C@H]4[C@H](O)[C@@H](O)C(O[C@H]5[C@H](O)[C@@H](O)C(O[C@H]6[C@H](O)[C@@H](O)C(O[C@H]7[C@H](O)CC(O[C@H]8[C@H](O)CC(O[C@H]1[C@H](O)[C@H]2O)O[C@@H]8CO)O[C@@H]7CO)O[C@@H]6CO)O[C@@H]5CO)O[C@@H]4CO)O[C@@H]3CO. The second-order valence-corrected chi connectivity index (χ2v) is 19.4. The van der Waals surface area contributed by atoms with Crippen LogP contribution in [0.4, 0.5) is 0 Å². The molecule has 21 saturated heterocycles. The summed E-state index contributed by atoms with van der Waals surface area (Å²) >= 11 is 0. The molecule has 0 aliphatic carbocycles. The van der Waals surface area contributed by atoms with E-state index in [4.69, 9.17) is 66.3 Å². The van der Waals surface area contributed by atoms with Crippen LogP contribution < -0.4 is 0 Å². The summed E-state index contributed by atoms with van der Waals surface area (Å²) in [5, 5.41) is 208. The molecule has 7 unspecified atom stereocenters. The molecule has 0 aromatic heterocycles. The van der Waals surface area contributed by atoms with Gasteiger partial charge in [-0.3, -0.25) is 0 Å². The molecule has 21 heterocycles. The highest BCUT2D eigenvalue weighted by Crippen LogP contribution is 2.38. The molecule has 21 aliphatic rings. The number of ether oxygens (including phenoxy) is 14. The number of hydrogen-bond acceptors (Lipinski definition) is 33. The van der Waals surface area contributed by atoms with E-state index in [1.54, 1.807) is 0 Å². The maximum Gasteiger partial charge on any atom is 0.187 e. The number of hydrogen-bond donors (Lipinski definition) is 19. The van der Waals surface area contributed by atoms with E-state index in [2.05, 4.69) is 0 Å². The molecule has 0 saturated carbocycles. The van der Waals surface area contributed by atoms with Crippen LogP contribution in [0.25, 0.3) is 0 Å². The fourth-order valence-corrected chi connectivity index (χ4v) is 10.4. The first kappa shape index (κ1) is 59.8. The topological polar surface area (TPSA) is 514 Å². The standard InChI is InChI=1S/C42H70O33/c43-3-12-31-10(50)1-20(62-12)70-33-14(5-45)64-39(26(57)21(33)52)72-35-16(7-47)66-41(28(59)23(35)54)74-37-18(9-49)68-42(30(61)25(37)56)75-36-17(8-48)67-40(29(60)24(36)55)73-34-15(6-46)65-38(27(58)22(34)53)71-32-11(51)2-19(69-31)63-13(32)4-44/h10-61H,1-9H2/t10-,11-,12-,13-,14-,15-,16-,17-,18-,19?,20?,21-,22-,23-,24-,25-,26-,27-,28-,29-,30-,31+,32+,33-,34-,35-,36-,37-,38?,39?,40?,41?,42?/m1/s1. The highest BCUT2D eigenvalue weighted by atomic mass is 16.8. The van der Waals surface area contributed by atoms with Gasteiger partial charge in [0.15, 0.2) is 44.0 Å². The molecule has 0 spiro atoms. The second-order valence-electron chi connectivity index (χ2n) is 19.4. The van der Waals surface area contributed by atoms with Crippen LogP contribution in [0.2, 0.25) is 0 Å². The minimum atomic E-state index is -2.18. The van der Waals surface area contributed by atoms with Gasteiger partial charge in [-0.1, -0.05) is 0 Å². The van der Waals surface area contributed by atoms with Crippen LogP contribution in [-0.4, -0.2) is 346 Å². The van der Waals surface area contributed by atoms with E-state index >= 15 is 0 Å². The van der Waals surface area contributed by atoms with Crippen molar-refractivity contribution in [3.63, 3.8) is 0 Å². The summed E-state index contributed by atoms with van der Waals surface area (Å²) in [4.78, 5) is 0. The summed E-state index contributed by atoms with van der Waals surface area (Å²) in [5.41, 5.74) is 0. The van der Waals surface area contributed by atoms with Gasteiger partial charge in [-0.05, 0) is 0 Å². The molecule has 14 bridgehead atoms. The lowest BCUT2D eigenvalue weighted by Crippen LogP contribution is -2.68. The smallest absolute Gasteiger partial charge is 0.187 e. The van der Waals surface area contributed by atoms with Crippen LogP contribution in [0.5, 0.6) is 0 Å². The molecule has 33 nitrogen and oxygen atoms in total. The molecule has 0 amide bonds. The van der Waals surface area contributed by atoms with E-state index in [-0.39, 0.29) is 0 Å². The van der Waals surface area contributed by atoms with Crippen LogP contribution in [0.3, 0.4) is 0 Å². The van der Waals surface area contributed by atoms with Gasteiger partial charge in [0.05, 0.1) is 58.5 Å². The van der Waals surface area contributed by atoms with Crippen molar-refractivity contribution in [1.82, 2.24) is 0 Å². The van der Waals surface area contributed by atoms with Crippen molar-refractivity contribution in [2.45, 2.75) is 216 Å². The third-order valence-corrected chi connectivity index (χ3v) is 14.5.